The third kappa shape index (κ3) is 4.01. The monoisotopic (exact) mass is 178 g/mol. The van der Waals surface area contributed by atoms with Crippen molar-refractivity contribution in [3.63, 3.8) is 0 Å². The molecule has 0 bridgehead atoms. The number of carboxylic acid groups (broad SMARTS) is 1. The quantitative estimate of drug-likeness (QED) is 0.501. The Morgan fingerprint density at radius 1 is 1.64 bits per heavy atom. The van der Waals surface area contributed by atoms with Gasteiger partial charge in [0.2, 0.25) is 0 Å². The average molecular weight is 179 g/mol. The van der Waals surface area contributed by atoms with E-state index >= 15 is 0 Å². The van der Waals surface area contributed by atoms with Crippen molar-refractivity contribution >= 4 is 17.6 Å². The van der Waals surface area contributed by atoms with Crippen LogP contribution in [0.1, 0.15) is 13.8 Å². The molecule has 3 nitrogen and oxygen atoms in total. The van der Waals surface area contributed by atoms with Crippen molar-refractivity contribution in [3.8, 4) is 0 Å². The van der Waals surface area contributed by atoms with E-state index in [0.29, 0.717) is 0 Å². The van der Waals surface area contributed by atoms with Crippen molar-refractivity contribution in [2.24, 2.45) is 0 Å². The molecule has 11 heavy (non-hydrogen) atoms. The third-order valence-electron chi connectivity index (χ3n) is 1.21. The molecule has 0 aliphatic heterocycles. The van der Waals surface area contributed by atoms with Crippen LogP contribution in [-0.2, 0) is 4.79 Å². The van der Waals surface area contributed by atoms with Gasteiger partial charge in [-0.15, -0.1) is 11.6 Å². The summed E-state index contributed by atoms with van der Waals surface area (Å²) in [5, 5.41) is 16.7. The summed E-state index contributed by atoms with van der Waals surface area (Å²) in [5.74, 6) is -1.02. The molecule has 2 N–H and O–H groups in total. The van der Waals surface area contributed by atoms with Crippen LogP contribution in [-0.4, -0.2) is 27.7 Å². The van der Waals surface area contributed by atoms with Crippen LogP contribution < -0.4 is 0 Å². The first-order valence-electron chi connectivity index (χ1n) is 3.19. The standard InChI is InChI=1S/C7H11ClO3/c1-4(7(10)11)3-6(8)5(2)9/h3,5-6,9H,1-2H3,(H,10,11). The van der Waals surface area contributed by atoms with Crippen LogP contribution in [0.25, 0.3) is 0 Å². The van der Waals surface area contributed by atoms with Gasteiger partial charge in [-0.05, 0) is 13.8 Å². The fraction of sp³-hybridized carbons (Fsp3) is 0.571. The molecule has 0 heterocycles. The van der Waals surface area contributed by atoms with Crippen LogP contribution in [0.3, 0.4) is 0 Å². The fourth-order valence-electron chi connectivity index (χ4n) is 0.449. The van der Waals surface area contributed by atoms with Gasteiger partial charge >= 0.3 is 5.97 Å². The lowest BCUT2D eigenvalue weighted by molar-refractivity contribution is -0.132. The number of alkyl halides is 1. The first-order valence-corrected chi connectivity index (χ1v) is 3.62. The Kier molecular flexibility index (Phi) is 4.15. The van der Waals surface area contributed by atoms with Gasteiger partial charge in [0.25, 0.3) is 0 Å². The highest BCUT2D eigenvalue weighted by Crippen LogP contribution is 2.07. The van der Waals surface area contributed by atoms with E-state index in [9.17, 15) is 4.79 Å². The maximum atomic E-state index is 10.2. The average Bonchev–Trinajstić information content (AvgIpc) is 1.87. The van der Waals surface area contributed by atoms with Crippen molar-refractivity contribution in [1.82, 2.24) is 0 Å². The predicted molar refractivity (Wildman–Crippen MR) is 42.7 cm³/mol. The molecular weight excluding hydrogens is 168 g/mol. The Hall–Kier alpha value is -0.540. The molecule has 0 radical (unpaired) electrons. The highest BCUT2D eigenvalue weighted by Gasteiger charge is 2.10. The van der Waals surface area contributed by atoms with Gasteiger partial charge in [-0.3, -0.25) is 0 Å². The molecule has 0 aliphatic rings. The summed E-state index contributed by atoms with van der Waals surface area (Å²) in [6, 6.07) is 0. The lowest BCUT2D eigenvalue weighted by Crippen LogP contribution is -2.15. The summed E-state index contributed by atoms with van der Waals surface area (Å²) in [5.41, 5.74) is 0.144. The molecule has 0 fully saturated rings. The summed E-state index contributed by atoms with van der Waals surface area (Å²) < 4.78 is 0. The molecule has 0 aromatic rings. The molecule has 0 aromatic carbocycles. The number of hydrogen-bond acceptors (Lipinski definition) is 2. The molecule has 0 aromatic heterocycles. The number of aliphatic carboxylic acids is 1. The van der Waals surface area contributed by atoms with Gasteiger partial charge in [0.1, 0.15) is 0 Å². The van der Waals surface area contributed by atoms with E-state index in [-0.39, 0.29) is 5.57 Å². The zero-order valence-electron chi connectivity index (χ0n) is 6.41. The number of rotatable bonds is 3. The van der Waals surface area contributed by atoms with Gasteiger partial charge in [-0.1, -0.05) is 6.08 Å². The van der Waals surface area contributed by atoms with Crippen molar-refractivity contribution in [3.05, 3.63) is 11.6 Å². The molecule has 0 spiro atoms. The van der Waals surface area contributed by atoms with E-state index in [0.717, 1.165) is 0 Å². The number of hydrogen-bond donors (Lipinski definition) is 2. The van der Waals surface area contributed by atoms with Crippen molar-refractivity contribution in [1.29, 1.82) is 0 Å². The van der Waals surface area contributed by atoms with E-state index in [1.165, 1.54) is 19.9 Å². The number of aliphatic hydroxyl groups is 1. The van der Waals surface area contributed by atoms with E-state index in [2.05, 4.69) is 0 Å². The number of aliphatic hydroxyl groups excluding tert-OH is 1. The van der Waals surface area contributed by atoms with Crippen molar-refractivity contribution < 1.29 is 15.0 Å². The zero-order chi connectivity index (χ0) is 9.02. The minimum atomic E-state index is -1.02. The topological polar surface area (TPSA) is 57.5 Å². The molecule has 0 amide bonds. The Morgan fingerprint density at radius 2 is 2.09 bits per heavy atom. The first kappa shape index (κ1) is 10.5. The normalized spacial score (nSPS) is 17.6. The SMILES string of the molecule is CC(=CC(Cl)C(C)O)C(=O)O. The van der Waals surface area contributed by atoms with Crippen LogP contribution in [0.15, 0.2) is 11.6 Å². The van der Waals surface area contributed by atoms with Crippen LogP contribution in [0.5, 0.6) is 0 Å². The molecule has 0 aliphatic carbocycles. The van der Waals surface area contributed by atoms with Crippen molar-refractivity contribution in [2.45, 2.75) is 25.3 Å². The van der Waals surface area contributed by atoms with E-state index in [1.807, 2.05) is 0 Å². The van der Waals surface area contributed by atoms with E-state index in [1.54, 1.807) is 0 Å². The maximum Gasteiger partial charge on any atom is 0.330 e. The molecule has 2 unspecified atom stereocenters. The smallest absolute Gasteiger partial charge is 0.330 e. The largest absolute Gasteiger partial charge is 0.478 e. The second kappa shape index (κ2) is 4.36. The zero-order valence-corrected chi connectivity index (χ0v) is 7.17. The predicted octanol–water partition coefficient (Wildman–Crippen LogP) is 1.01. The lowest BCUT2D eigenvalue weighted by Gasteiger charge is -2.07. The Balaban J connectivity index is 4.19. The highest BCUT2D eigenvalue weighted by molar-refractivity contribution is 6.22. The molecule has 2 atom stereocenters. The molecule has 64 valence electrons. The summed E-state index contributed by atoms with van der Waals surface area (Å²) >= 11 is 5.56. The van der Waals surface area contributed by atoms with Gasteiger partial charge in [-0.2, -0.15) is 0 Å². The van der Waals surface area contributed by atoms with Crippen molar-refractivity contribution in [2.75, 3.05) is 0 Å². The molecule has 0 rings (SSSR count). The second-order valence-electron chi connectivity index (χ2n) is 2.34. The van der Waals surface area contributed by atoms with Crippen LogP contribution in [0.2, 0.25) is 0 Å². The summed E-state index contributed by atoms with van der Waals surface area (Å²) in [7, 11) is 0. The fourth-order valence-corrected chi connectivity index (χ4v) is 0.638. The van der Waals surface area contributed by atoms with Crippen LogP contribution in [0, 0.1) is 0 Å². The molecular formula is C7H11ClO3. The second-order valence-corrected chi connectivity index (χ2v) is 2.84. The summed E-state index contributed by atoms with van der Waals surface area (Å²) in [4.78, 5) is 10.2. The number of carboxylic acids is 1. The van der Waals surface area contributed by atoms with Gasteiger partial charge in [-0.25, -0.2) is 4.79 Å². The summed E-state index contributed by atoms with van der Waals surface area (Å²) in [6.07, 6.45) is 0.583. The highest BCUT2D eigenvalue weighted by atomic mass is 35.5. The minimum absolute atomic E-state index is 0.144. The van der Waals surface area contributed by atoms with Gasteiger partial charge < -0.3 is 10.2 Å². The third-order valence-corrected chi connectivity index (χ3v) is 1.70. The lowest BCUT2D eigenvalue weighted by atomic mass is 10.2. The molecule has 4 heteroatoms. The Bertz CT molecular complexity index is 175. The number of carbonyl (C=O) groups is 1. The van der Waals surface area contributed by atoms with Crippen LogP contribution in [0.4, 0.5) is 0 Å². The summed E-state index contributed by atoms with van der Waals surface area (Å²) in [6.45, 7) is 2.93. The number of halogens is 1. The van der Waals surface area contributed by atoms with Gasteiger partial charge in [0.05, 0.1) is 11.5 Å². The van der Waals surface area contributed by atoms with Gasteiger partial charge in [0.15, 0.2) is 0 Å². The molecule has 0 saturated carbocycles. The van der Waals surface area contributed by atoms with E-state index in [4.69, 9.17) is 21.8 Å². The van der Waals surface area contributed by atoms with E-state index < -0.39 is 17.5 Å². The minimum Gasteiger partial charge on any atom is -0.478 e. The maximum absolute atomic E-state index is 10.2. The van der Waals surface area contributed by atoms with Gasteiger partial charge in [0, 0.05) is 5.57 Å². The Labute approximate surface area is 70.3 Å². The van der Waals surface area contributed by atoms with Crippen LogP contribution >= 0.6 is 11.6 Å². The Morgan fingerprint density at radius 3 is 2.36 bits per heavy atom. The molecule has 0 saturated heterocycles. The first-order chi connectivity index (χ1) is 4.95.